The molecule has 3 rings (SSSR count). The van der Waals surface area contributed by atoms with Crippen LogP contribution in [0.4, 0.5) is 4.39 Å². The molecule has 3 N–H and O–H groups in total. The second-order valence-corrected chi connectivity index (χ2v) is 7.71. The van der Waals surface area contributed by atoms with E-state index in [2.05, 4.69) is 19.2 Å². The molecule has 2 amide bonds. The first-order valence-corrected chi connectivity index (χ1v) is 8.90. The number of hydrogen-bond acceptors (Lipinski definition) is 3. The topological polar surface area (TPSA) is 75.4 Å². The van der Waals surface area contributed by atoms with Crippen LogP contribution in [0, 0.1) is 17.7 Å². The molecule has 1 saturated carbocycles. The smallest absolute Gasteiger partial charge is 0.231 e. The Morgan fingerprint density at radius 2 is 2.00 bits per heavy atom. The number of halogens is 1. The van der Waals surface area contributed by atoms with Gasteiger partial charge in [-0.25, -0.2) is 4.39 Å². The molecule has 0 radical (unpaired) electrons. The number of primary amides is 1. The van der Waals surface area contributed by atoms with E-state index >= 15 is 0 Å². The Balaban J connectivity index is 1.73. The molecule has 1 heterocycles. The molecular formula is C19H26FN3O2. The highest BCUT2D eigenvalue weighted by Crippen LogP contribution is 2.49. The van der Waals surface area contributed by atoms with Crippen molar-refractivity contribution in [1.82, 2.24) is 10.2 Å². The summed E-state index contributed by atoms with van der Waals surface area (Å²) >= 11 is 0. The van der Waals surface area contributed by atoms with Gasteiger partial charge in [-0.1, -0.05) is 32.0 Å². The fraction of sp³-hybridized carbons (Fsp3) is 0.579. The van der Waals surface area contributed by atoms with Crippen molar-refractivity contribution in [2.24, 2.45) is 17.6 Å². The minimum absolute atomic E-state index is 0.0453. The third-order valence-electron chi connectivity index (χ3n) is 5.57. The summed E-state index contributed by atoms with van der Waals surface area (Å²) in [5, 5.41) is 3.14. The minimum atomic E-state index is -0.732. The van der Waals surface area contributed by atoms with Crippen molar-refractivity contribution in [1.29, 1.82) is 0 Å². The van der Waals surface area contributed by atoms with Crippen LogP contribution in [-0.4, -0.2) is 42.4 Å². The summed E-state index contributed by atoms with van der Waals surface area (Å²) in [4.78, 5) is 26.1. The van der Waals surface area contributed by atoms with Crippen LogP contribution >= 0.6 is 0 Å². The normalized spacial score (nSPS) is 25.1. The molecule has 1 aromatic carbocycles. The number of carbonyl (C=O) groups is 2. The van der Waals surface area contributed by atoms with Crippen LogP contribution in [0.1, 0.15) is 32.3 Å². The first-order valence-electron chi connectivity index (χ1n) is 8.90. The fourth-order valence-electron chi connectivity index (χ4n) is 3.99. The lowest BCUT2D eigenvalue weighted by Gasteiger charge is -2.26. The average Bonchev–Trinajstić information content (AvgIpc) is 3.24. The number of hydrogen-bond donors (Lipinski definition) is 2. The van der Waals surface area contributed by atoms with Gasteiger partial charge < -0.3 is 11.1 Å². The van der Waals surface area contributed by atoms with Crippen molar-refractivity contribution in [3.8, 4) is 0 Å². The van der Waals surface area contributed by atoms with Gasteiger partial charge in [0.1, 0.15) is 5.82 Å². The van der Waals surface area contributed by atoms with Crippen molar-refractivity contribution >= 4 is 11.8 Å². The molecule has 25 heavy (non-hydrogen) atoms. The summed E-state index contributed by atoms with van der Waals surface area (Å²) in [7, 11) is 0. The van der Waals surface area contributed by atoms with E-state index in [1.807, 2.05) is 4.90 Å². The molecule has 136 valence electrons. The molecule has 1 aliphatic heterocycles. The molecule has 2 fully saturated rings. The van der Waals surface area contributed by atoms with Gasteiger partial charge >= 0.3 is 0 Å². The first-order chi connectivity index (χ1) is 11.8. The Morgan fingerprint density at radius 3 is 2.56 bits per heavy atom. The Kier molecular flexibility index (Phi) is 4.82. The number of nitrogens with two attached hydrogens (primary N) is 1. The van der Waals surface area contributed by atoms with Gasteiger partial charge in [0.15, 0.2) is 0 Å². The SMILES string of the molecule is CC(C)[C@H]1CN(CC(N)=O)C[C@@H]1NC(=O)C1(c2ccccc2F)CC1. The predicted octanol–water partition coefficient (Wildman–Crippen LogP) is 1.42. The molecule has 5 nitrogen and oxygen atoms in total. The van der Waals surface area contributed by atoms with Crippen molar-refractivity contribution in [3.05, 3.63) is 35.6 Å². The van der Waals surface area contributed by atoms with E-state index in [0.717, 1.165) is 6.54 Å². The first kappa shape index (κ1) is 17.9. The highest BCUT2D eigenvalue weighted by atomic mass is 19.1. The van der Waals surface area contributed by atoms with Crippen molar-refractivity contribution in [2.45, 2.75) is 38.1 Å². The highest BCUT2D eigenvalue weighted by Gasteiger charge is 2.53. The van der Waals surface area contributed by atoms with E-state index in [1.165, 1.54) is 6.07 Å². The fourth-order valence-corrected chi connectivity index (χ4v) is 3.99. The maximum atomic E-state index is 14.2. The number of benzene rings is 1. The number of amides is 2. The van der Waals surface area contributed by atoms with Crippen LogP contribution < -0.4 is 11.1 Å². The van der Waals surface area contributed by atoms with Crippen LogP contribution in [0.15, 0.2) is 24.3 Å². The number of nitrogens with zero attached hydrogens (tertiary/aromatic N) is 1. The number of nitrogens with one attached hydrogen (secondary N) is 1. The molecule has 1 aromatic rings. The largest absolute Gasteiger partial charge is 0.369 e. The molecular weight excluding hydrogens is 321 g/mol. The van der Waals surface area contributed by atoms with Gasteiger partial charge in [0.25, 0.3) is 0 Å². The second-order valence-electron chi connectivity index (χ2n) is 7.71. The molecule has 2 aliphatic rings. The third-order valence-corrected chi connectivity index (χ3v) is 5.57. The van der Waals surface area contributed by atoms with Crippen molar-refractivity contribution in [3.63, 3.8) is 0 Å². The van der Waals surface area contributed by atoms with E-state index in [0.29, 0.717) is 30.9 Å². The van der Waals surface area contributed by atoms with E-state index in [1.54, 1.807) is 18.2 Å². The summed E-state index contributed by atoms with van der Waals surface area (Å²) in [6.07, 6.45) is 1.34. The zero-order chi connectivity index (χ0) is 18.2. The monoisotopic (exact) mass is 347 g/mol. The van der Waals surface area contributed by atoms with Gasteiger partial charge in [0.05, 0.1) is 12.0 Å². The van der Waals surface area contributed by atoms with Gasteiger partial charge in [-0.15, -0.1) is 0 Å². The molecule has 0 aromatic heterocycles. The molecule has 2 atom stereocenters. The Hall–Kier alpha value is -1.95. The maximum absolute atomic E-state index is 14.2. The van der Waals surface area contributed by atoms with Crippen molar-refractivity contribution < 1.29 is 14.0 Å². The van der Waals surface area contributed by atoms with E-state index in [-0.39, 0.29) is 36.1 Å². The maximum Gasteiger partial charge on any atom is 0.231 e. The lowest BCUT2D eigenvalue weighted by Crippen LogP contribution is -2.46. The van der Waals surface area contributed by atoms with Crippen LogP contribution in [-0.2, 0) is 15.0 Å². The molecule has 6 heteroatoms. The predicted molar refractivity (Wildman–Crippen MR) is 93.2 cm³/mol. The Bertz CT molecular complexity index is 672. The van der Waals surface area contributed by atoms with Gasteiger partial charge in [0.2, 0.25) is 11.8 Å². The molecule has 0 bridgehead atoms. The third kappa shape index (κ3) is 3.54. The van der Waals surface area contributed by atoms with Gasteiger partial charge in [-0.3, -0.25) is 14.5 Å². The molecule has 0 spiro atoms. The number of carbonyl (C=O) groups excluding carboxylic acids is 2. The Labute approximate surface area is 147 Å². The average molecular weight is 347 g/mol. The standard InChI is InChI=1S/C19H26FN3O2/c1-12(2)13-9-23(11-17(21)24)10-16(13)22-18(25)19(7-8-19)14-5-3-4-6-15(14)20/h3-6,12-13,16H,7-11H2,1-2H3,(H2,21,24)(H,22,25)/t13-,16+/m1/s1. The Morgan fingerprint density at radius 1 is 1.32 bits per heavy atom. The molecule has 1 aliphatic carbocycles. The highest BCUT2D eigenvalue weighted by molar-refractivity contribution is 5.91. The summed E-state index contributed by atoms with van der Waals surface area (Å²) in [5.41, 5.74) is 5.06. The minimum Gasteiger partial charge on any atom is -0.369 e. The lowest BCUT2D eigenvalue weighted by molar-refractivity contribution is -0.124. The number of likely N-dealkylation sites (tertiary alicyclic amines) is 1. The van der Waals surface area contributed by atoms with Gasteiger partial charge in [0, 0.05) is 24.7 Å². The van der Waals surface area contributed by atoms with E-state index in [4.69, 9.17) is 5.73 Å². The van der Waals surface area contributed by atoms with Crippen molar-refractivity contribution in [2.75, 3.05) is 19.6 Å². The van der Waals surface area contributed by atoms with Crippen LogP contribution in [0.2, 0.25) is 0 Å². The zero-order valence-corrected chi connectivity index (χ0v) is 14.8. The van der Waals surface area contributed by atoms with Gasteiger partial charge in [-0.2, -0.15) is 0 Å². The second kappa shape index (κ2) is 6.75. The summed E-state index contributed by atoms with van der Waals surface area (Å²) in [5.74, 6) is -0.169. The van der Waals surface area contributed by atoms with Crippen LogP contribution in [0.3, 0.4) is 0 Å². The quantitative estimate of drug-likeness (QED) is 0.817. The molecule has 0 unspecified atom stereocenters. The molecule has 1 saturated heterocycles. The van der Waals surface area contributed by atoms with E-state index in [9.17, 15) is 14.0 Å². The summed E-state index contributed by atoms with van der Waals surface area (Å²) < 4.78 is 14.2. The van der Waals surface area contributed by atoms with Gasteiger partial charge in [-0.05, 0) is 30.7 Å². The lowest BCUT2D eigenvalue weighted by atomic mass is 9.89. The summed E-state index contributed by atoms with van der Waals surface area (Å²) in [6, 6.07) is 6.48. The summed E-state index contributed by atoms with van der Waals surface area (Å²) in [6.45, 7) is 5.76. The van der Waals surface area contributed by atoms with E-state index < -0.39 is 5.41 Å². The number of rotatable bonds is 6. The zero-order valence-electron chi connectivity index (χ0n) is 14.8. The van der Waals surface area contributed by atoms with Crippen LogP contribution in [0.25, 0.3) is 0 Å². The van der Waals surface area contributed by atoms with Crippen LogP contribution in [0.5, 0.6) is 0 Å².